The van der Waals surface area contributed by atoms with Crippen molar-refractivity contribution in [2.24, 2.45) is 5.41 Å². The molecule has 1 saturated heterocycles. The Morgan fingerprint density at radius 2 is 2.23 bits per heavy atom. The van der Waals surface area contributed by atoms with E-state index in [1.165, 1.54) is 0 Å². The van der Waals surface area contributed by atoms with Gasteiger partial charge in [0.2, 0.25) is 10.0 Å². The van der Waals surface area contributed by atoms with Crippen molar-refractivity contribution < 1.29 is 8.42 Å². The molecule has 1 atom stereocenters. The van der Waals surface area contributed by atoms with Gasteiger partial charge in [-0.15, -0.1) is 0 Å². The van der Waals surface area contributed by atoms with E-state index in [4.69, 9.17) is 5.26 Å². The minimum Gasteiger partial charge on any atom is -0.312 e. The summed E-state index contributed by atoms with van der Waals surface area (Å²) in [6, 6.07) is 8.87. The number of hydrogen-bond donors (Lipinski definition) is 2. The van der Waals surface area contributed by atoms with E-state index in [-0.39, 0.29) is 17.2 Å². The van der Waals surface area contributed by atoms with Gasteiger partial charge in [-0.3, -0.25) is 0 Å². The highest BCUT2D eigenvalue weighted by Crippen LogP contribution is 2.29. The molecule has 0 amide bonds. The second-order valence-electron chi connectivity index (χ2n) is 6.52. The zero-order valence-corrected chi connectivity index (χ0v) is 13.9. The molecule has 1 aliphatic rings. The molecule has 1 unspecified atom stereocenters. The van der Waals surface area contributed by atoms with Crippen LogP contribution in [-0.4, -0.2) is 27.5 Å². The molecule has 1 fully saturated rings. The van der Waals surface area contributed by atoms with Gasteiger partial charge in [0.05, 0.1) is 17.4 Å². The molecule has 5 nitrogen and oxygen atoms in total. The minimum absolute atomic E-state index is 0.0848. The van der Waals surface area contributed by atoms with Crippen molar-refractivity contribution in [2.45, 2.75) is 38.5 Å². The third kappa shape index (κ3) is 4.54. The number of piperidine rings is 1. The Kier molecular flexibility index (Phi) is 5.22. The van der Waals surface area contributed by atoms with E-state index in [0.717, 1.165) is 19.4 Å². The highest BCUT2D eigenvalue weighted by Gasteiger charge is 2.32. The number of hydrogen-bond acceptors (Lipinski definition) is 4. The molecule has 1 aliphatic heterocycles. The van der Waals surface area contributed by atoms with Crippen molar-refractivity contribution in [1.29, 1.82) is 5.26 Å². The Morgan fingerprint density at radius 1 is 1.45 bits per heavy atom. The van der Waals surface area contributed by atoms with E-state index in [1.807, 2.05) is 6.07 Å². The van der Waals surface area contributed by atoms with Crippen molar-refractivity contribution in [2.75, 3.05) is 13.1 Å². The number of rotatable bonds is 5. The van der Waals surface area contributed by atoms with Crippen molar-refractivity contribution in [3.63, 3.8) is 0 Å². The van der Waals surface area contributed by atoms with E-state index in [1.54, 1.807) is 24.3 Å². The predicted molar refractivity (Wildman–Crippen MR) is 86.6 cm³/mol. The van der Waals surface area contributed by atoms with Gasteiger partial charge in [0.15, 0.2) is 0 Å². The lowest BCUT2D eigenvalue weighted by Gasteiger charge is -2.39. The van der Waals surface area contributed by atoms with E-state index in [0.29, 0.717) is 17.7 Å². The van der Waals surface area contributed by atoms with Crippen LogP contribution in [-0.2, 0) is 15.8 Å². The summed E-state index contributed by atoms with van der Waals surface area (Å²) >= 11 is 0. The Morgan fingerprint density at radius 3 is 2.91 bits per heavy atom. The summed E-state index contributed by atoms with van der Waals surface area (Å²) in [5.41, 5.74) is 1.19. The Bertz CT molecular complexity index is 662. The van der Waals surface area contributed by atoms with Crippen LogP contribution < -0.4 is 10.0 Å². The quantitative estimate of drug-likeness (QED) is 0.866. The second-order valence-corrected chi connectivity index (χ2v) is 8.33. The average Bonchev–Trinajstić information content (AvgIpc) is 2.45. The monoisotopic (exact) mass is 321 g/mol. The van der Waals surface area contributed by atoms with Gasteiger partial charge >= 0.3 is 0 Å². The van der Waals surface area contributed by atoms with Crippen molar-refractivity contribution in [1.82, 2.24) is 10.0 Å². The van der Waals surface area contributed by atoms with Crippen LogP contribution in [0.5, 0.6) is 0 Å². The molecule has 1 heterocycles. The number of nitrogens with one attached hydrogen (secondary N) is 2. The highest BCUT2D eigenvalue weighted by atomic mass is 32.2. The molecule has 120 valence electrons. The molecule has 6 heteroatoms. The van der Waals surface area contributed by atoms with Gasteiger partial charge in [-0.25, -0.2) is 13.1 Å². The Hall–Kier alpha value is -1.42. The summed E-state index contributed by atoms with van der Waals surface area (Å²) in [5, 5.41) is 12.3. The molecule has 0 spiro atoms. The fraction of sp³-hybridized carbons (Fsp3) is 0.562. The van der Waals surface area contributed by atoms with Crippen LogP contribution in [0.2, 0.25) is 0 Å². The molecule has 1 aromatic rings. The number of sulfonamides is 1. The molecule has 2 rings (SSSR count). The lowest BCUT2D eigenvalue weighted by molar-refractivity contribution is 0.181. The summed E-state index contributed by atoms with van der Waals surface area (Å²) in [7, 11) is -3.41. The topological polar surface area (TPSA) is 82.0 Å². The number of benzene rings is 1. The van der Waals surface area contributed by atoms with Gasteiger partial charge in [0.1, 0.15) is 0 Å². The Labute approximate surface area is 132 Å². The molecule has 2 N–H and O–H groups in total. The predicted octanol–water partition coefficient (Wildman–Crippen LogP) is 1.76. The van der Waals surface area contributed by atoms with Gasteiger partial charge in [-0.1, -0.05) is 26.0 Å². The molecule has 0 aromatic heterocycles. The van der Waals surface area contributed by atoms with Gasteiger partial charge in [-0.05, 0) is 42.5 Å². The normalized spacial score (nSPS) is 21.2. The maximum atomic E-state index is 12.2. The van der Waals surface area contributed by atoms with Crippen LogP contribution in [0.25, 0.3) is 0 Å². The highest BCUT2D eigenvalue weighted by molar-refractivity contribution is 7.88. The van der Waals surface area contributed by atoms with E-state index in [9.17, 15) is 8.42 Å². The number of nitrogens with zero attached hydrogens (tertiary/aromatic N) is 1. The lowest BCUT2D eigenvalue weighted by Crippen LogP contribution is -2.52. The molecule has 22 heavy (non-hydrogen) atoms. The smallest absolute Gasteiger partial charge is 0.215 e. The first-order valence-corrected chi connectivity index (χ1v) is 9.17. The first-order chi connectivity index (χ1) is 10.3. The van der Waals surface area contributed by atoms with Gasteiger partial charge in [-0.2, -0.15) is 5.26 Å². The Balaban J connectivity index is 1.98. The summed E-state index contributed by atoms with van der Waals surface area (Å²) in [5.74, 6) is -0.102. The average molecular weight is 321 g/mol. The van der Waals surface area contributed by atoms with Gasteiger partial charge in [0.25, 0.3) is 0 Å². The molecule has 0 saturated carbocycles. The van der Waals surface area contributed by atoms with Crippen LogP contribution in [0.1, 0.15) is 37.8 Å². The maximum absolute atomic E-state index is 12.2. The summed E-state index contributed by atoms with van der Waals surface area (Å²) in [4.78, 5) is 0. The van der Waals surface area contributed by atoms with Crippen molar-refractivity contribution in [3.8, 4) is 6.07 Å². The number of nitriles is 1. The van der Waals surface area contributed by atoms with Gasteiger partial charge in [0, 0.05) is 12.6 Å². The standard InChI is InChI=1S/C16H23N3O2S/c1-16(2)7-4-8-18-15(16)11-19-22(20,21)12-14-6-3-5-13(9-14)10-17/h3,5-6,9,15,18-19H,4,7-8,11-12H2,1-2H3. The third-order valence-corrected chi connectivity index (χ3v) is 5.57. The van der Waals surface area contributed by atoms with Gasteiger partial charge < -0.3 is 5.32 Å². The van der Waals surface area contributed by atoms with E-state index in [2.05, 4.69) is 23.9 Å². The fourth-order valence-electron chi connectivity index (χ4n) is 2.83. The third-order valence-electron chi connectivity index (χ3n) is 4.25. The van der Waals surface area contributed by atoms with Crippen molar-refractivity contribution >= 4 is 10.0 Å². The summed E-state index contributed by atoms with van der Waals surface area (Å²) < 4.78 is 27.2. The fourth-order valence-corrected chi connectivity index (χ4v) is 3.97. The SMILES string of the molecule is CC1(C)CCCNC1CNS(=O)(=O)Cc1cccc(C#N)c1. The second kappa shape index (κ2) is 6.78. The molecule has 0 radical (unpaired) electrons. The minimum atomic E-state index is -3.41. The largest absolute Gasteiger partial charge is 0.312 e. The van der Waals surface area contributed by atoms with Crippen LogP contribution in [0.15, 0.2) is 24.3 Å². The first-order valence-electron chi connectivity index (χ1n) is 7.52. The summed E-state index contributed by atoms with van der Waals surface area (Å²) in [6.07, 6.45) is 2.22. The molecular weight excluding hydrogens is 298 g/mol. The van der Waals surface area contributed by atoms with E-state index >= 15 is 0 Å². The van der Waals surface area contributed by atoms with Crippen LogP contribution >= 0.6 is 0 Å². The maximum Gasteiger partial charge on any atom is 0.215 e. The lowest BCUT2D eigenvalue weighted by atomic mass is 9.78. The van der Waals surface area contributed by atoms with Crippen LogP contribution in [0.3, 0.4) is 0 Å². The van der Waals surface area contributed by atoms with Crippen molar-refractivity contribution in [3.05, 3.63) is 35.4 Å². The van der Waals surface area contributed by atoms with Crippen LogP contribution in [0, 0.1) is 16.7 Å². The zero-order valence-electron chi connectivity index (χ0n) is 13.1. The zero-order chi connectivity index (χ0) is 16.2. The van der Waals surface area contributed by atoms with E-state index < -0.39 is 10.0 Å². The summed E-state index contributed by atoms with van der Waals surface area (Å²) in [6.45, 7) is 5.65. The molecule has 0 aliphatic carbocycles. The van der Waals surface area contributed by atoms with Crippen LogP contribution in [0.4, 0.5) is 0 Å². The molecule has 1 aromatic carbocycles. The molecular formula is C16H23N3O2S. The first kappa shape index (κ1) is 16.9. The molecule has 0 bridgehead atoms.